The average molecular weight is 603 g/mol. The summed E-state index contributed by atoms with van der Waals surface area (Å²) in [5.41, 5.74) is 2.37. The van der Waals surface area contributed by atoms with E-state index in [0.29, 0.717) is 29.1 Å². The number of fused-ring (bicyclic) bond motifs is 6. The summed E-state index contributed by atoms with van der Waals surface area (Å²) in [5.74, 6) is -0.758. The lowest BCUT2D eigenvalue weighted by atomic mass is 9.86. The molecule has 3 N–H and O–H groups in total. The van der Waals surface area contributed by atoms with E-state index in [9.17, 15) is 29.7 Å². The van der Waals surface area contributed by atoms with Gasteiger partial charge in [0, 0.05) is 40.3 Å². The number of benzene rings is 3. The second kappa shape index (κ2) is 10.5. The number of nitrogens with zero attached hydrogens (tertiary/aromatic N) is 2. The van der Waals surface area contributed by atoms with Gasteiger partial charge in [0.15, 0.2) is 11.0 Å². The van der Waals surface area contributed by atoms with Gasteiger partial charge in [-0.15, -0.1) is 0 Å². The number of ether oxygens (including phenoxy) is 1. The molecule has 6 aromatic rings. The number of carbonyl (C=O) groups excluding carboxylic acids is 1. The summed E-state index contributed by atoms with van der Waals surface area (Å²) in [6.07, 6.45) is 0.139. The topological polar surface area (TPSA) is 152 Å². The number of aliphatic hydroxyl groups is 1. The highest BCUT2D eigenvalue weighted by Crippen LogP contribution is 2.38. The third-order valence-electron chi connectivity index (χ3n) is 8.27. The zero-order valence-corrected chi connectivity index (χ0v) is 24.0. The quantitative estimate of drug-likeness (QED) is 0.233. The molecule has 0 amide bonds. The molecule has 8 rings (SSSR count). The summed E-state index contributed by atoms with van der Waals surface area (Å²) in [4.78, 5) is 41.9. The first-order valence-corrected chi connectivity index (χ1v) is 14.3. The number of phenolic OH excluding ortho intramolecular Hbond substituents is 2. The Kier molecular flexibility index (Phi) is 6.52. The maximum absolute atomic E-state index is 13.0. The number of aromatic hydroxyl groups is 2. The van der Waals surface area contributed by atoms with Crippen LogP contribution in [0.3, 0.4) is 0 Å². The van der Waals surface area contributed by atoms with Gasteiger partial charge in [-0.25, -0.2) is 9.78 Å². The Morgan fingerprint density at radius 1 is 0.933 bits per heavy atom. The van der Waals surface area contributed by atoms with Crippen LogP contribution in [0.5, 0.6) is 11.5 Å². The largest absolute Gasteiger partial charge is 0.508 e. The molecule has 3 aromatic carbocycles. The number of hydrogen-bond donors (Lipinski definition) is 3. The van der Waals surface area contributed by atoms with Gasteiger partial charge >= 0.3 is 5.97 Å². The molecule has 1 atom stereocenters. The molecule has 0 saturated carbocycles. The van der Waals surface area contributed by atoms with E-state index in [1.54, 1.807) is 17.6 Å². The summed E-state index contributed by atoms with van der Waals surface area (Å²) >= 11 is 0. The highest BCUT2D eigenvalue weighted by molar-refractivity contribution is 5.87. The third kappa shape index (κ3) is 4.54. The lowest BCUT2D eigenvalue weighted by Gasteiger charge is -2.31. The van der Waals surface area contributed by atoms with Crippen LogP contribution in [-0.4, -0.2) is 30.8 Å². The molecule has 10 heteroatoms. The van der Waals surface area contributed by atoms with Crippen molar-refractivity contribution in [3.05, 3.63) is 122 Å². The molecule has 0 bridgehead atoms. The van der Waals surface area contributed by atoms with E-state index < -0.39 is 11.6 Å². The molecule has 2 aliphatic rings. The van der Waals surface area contributed by atoms with Crippen LogP contribution in [0, 0.1) is 0 Å². The fraction of sp³-hybridized carbons (Fsp3) is 0.143. The number of hydrogen-bond acceptors (Lipinski definition) is 9. The number of carbonyl (C=O) groups is 1. The lowest BCUT2D eigenvalue weighted by molar-refractivity contribution is -0.172. The minimum atomic E-state index is -1.79. The maximum atomic E-state index is 13.0. The summed E-state index contributed by atoms with van der Waals surface area (Å²) in [7, 11) is 0. The molecular formula is C35H26N2O8. The van der Waals surface area contributed by atoms with Crippen LogP contribution in [0.25, 0.3) is 44.6 Å². The Bertz CT molecular complexity index is 2290. The van der Waals surface area contributed by atoms with Crippen LogP contribution in [0.15, 0.2) is 98.9 Å². The van der Waals surface area contributed by atoms with Crippen molar-refractivity contribution in [1.82, 2.24) is 9.55 Å². The molecule has 0 saturated heterocycles. The van der Waals surface area contributed by atoms with E-state index in [4.69, 9.17) is 14.1 Å². The van der Waals surface area contributed by atoms with Crippen molar-refractivity contribution in [2.75, 3.05) is 0 Å². The van der Waals surface area contributed by atoms with E-state index in [1.165, 1.54) is 12.1 Å². The van der Waals surface area contributed by atoms with Crippen molar-refractivity contribution >= 4 is 27.8 Å². The molecule has 0 fully saturated rings. The molecule has 3 aromatic heterocycles. The van der Waals surface area contributed by atoms with Gasteiger partial charge < -0.3 is 29.0 Å². The third-order valence-corrected chi connectivity index (χ3v) is 8.27. The predicted molar refractivity (Wildman–Crippen MR) is 166 cm³/mol. The summed E-state index contributed by atoms with van der Waals surface area (Å²) < 4.78 is 12.3. The predicted octanol–water partition coefficient (Wildman–Crippen LogP) is 4.95. The Hall–Kier alpha value is -5.74. The van der Waals surface area contributed by atoms with Crippen molar-refractivity contribution in [1.29, 1.82) is 0 Å². The minimum absolute atomic E-state index is 0.0671. The first-order valence-electron chi connectivity index (χ1n) is 14.3. The van der Waals surface area contributed by atoms with Crippen LogP contribution in [0.1, 0.15) is 30.0 Å². The Labute approximate surface area is 255 Å². The molecule has 5 heterocycles. The molecule has 1 unspecified atom stereocenters. The SMILES string of the molecule is CCC1(O)C(=O)OCc2c1cc1n(c2=O)Cc2cc3ccccc3nc2-1.O=c1cc(-c2ccccc2)oc2cc(O)cc(O)c12. The van der Waals surface area contributed by atoms with Crippen molar-refractivity contribution in [3.63, 3.8) is 0 Å². The van der Waals surface area contributed by atoms with Crippen molar-refractivity contribution in [3.8, 4) is 34.2 Å². The Morgan fingerprint density at radius 3 is 2.47 bits per heavy atom. The number of rotatable bonds is 2. The molecule has 224 valence electrons. The zero-order valence-electron chi connectivity index (χ0n) is 24.0. The summed E-state index contributed by atoms with van der Waals surface area (Å²) in [6.45, 7) is 2.01. The number of pyridine rings is 2. The fourth-order valence-electron chi connectivity index (χ4n) is 5.92. The van der Waals surface area contributed by atoms with Crippen molar-refractivity contribution < 1.29 is 29.3 Å². The Morgan fingerprint density at radius 2 is 1.69 bits per heavy atom. The number of aromatic nitrogens is 2. The molecule has 0 aliphatic carbocycles. The van der Waals surface area contributed by atoms with E-state index in [-0.39, 0.29) is 46.5 Å². The maximum Gasteiger partial charge on any atom is 0.343 e. The van der Waals surface area contributed by atoms with Gasteiger partial charge in [0.1, 0.15) is 34.8 Å². The Balaban J connectivity index is 0.000000152. The molecule has 10 nitrogen and oxygen atoms in total. The molecular weight excluding hydrogens is 576 g/mol. The molecule has 0 spiro atoms. The summed E-state index contributed by atoms with van der Waals surface area (Å²) in [6, 6.07) is 24.5. The van der Waals surface area contributed by atoms with Crippen molar-refractivity contribution in [2.45, 2.75) is 32.1 Å². The van der Waals surface area contributed by atoms with Gasteiger partial charge in [0.25, 0.3) is 5.56 Å². The summed E-state index contributed by atoms with van der Waals surface area (Å²) in [5, 5.41) is 31.0. The van der Waals surface area contributed by atoms with Gasteiger partial charge in [0.2, 0.25) is 0 Å². The zero-order chi connectivity index (χ0) is 31.5. The normalized spacial score (nSPS) is 16.4. The number of para-hydroxylation sites is 1. The van der Waals surface area contributed by atoms with Gasteiger partial charge in [-0.1, -0.05) is 55.5 Å². The smallest absolute Gasteiger partial charge is 0.343 e. The van der Waals surface area contributed by atoms with Crippen molar-refractivity contribution in [2.24, 2.45) is 0 Å². The van der Waals surface area contributed by atoms with E-state index in [0.717, 1.165) is 33.8 Å². The van der Waals surface area contributed by atoms with Crippen LogP contribution >= 0.6 is 0 Å². The fourth-order valence-corrected chi connectivity index (χ4v) is 5.92. The standard InChI is InChI=1S/C20H16N2O4.C15H10O4/c1-2-20(25)14-8-16-17-12(7-11-5-3-4-6-15(11)21-17)9-22(16)18(23)13(14)10-26-19(20)24;16-10-6-11(17)15-12(18)8-13(19-14(15)7-10)9-4-2-1-3-5-9/h3-8,25H,2,9-10H2,1H3;1-8,16-17H. The molecule has 2 aliphatic heterocycles. The number of phenols is 2. The van der Waals surface area contributed by atoms with Gasteiger partial charge in [-0.2, -0.15) is 0 Å². The first kappa shape index (κ1) is 28.1. The number of cyclic esters (lactones) is 1. The van der Waals surface area contributed by atoms with Gasteiger partial charge in [-0.05, 0) is 24.6 Å². The van der Waals surface area contributed by atoms with Crippen LogP contribution < -0.4 is 11.0 Å². The molecule has 45 heavy (non-hydrogen) atoms. The van der Waals surface area contributed by atoms with Gasteiger partial charge in [0.05, 0.1) is 29.0 Å². The van der Waals surface area contributed by atoms with Crippen LogP contribution in [0.2, 0.25) is 0 Å². The lowest BCUT2D eigenvalue weighted by Crippen LogP contribution is -2.44. The van der Waals surface area contributed by atoms with E-state index in [1.807, 2.05) is 60.7 Å². The second-order valence-corrected chi connectivity index (χ2v) is 11.0. The number of esters is 1. The van der Waals surface area contributed by atoms with E-state index in [2.05, 4.69) is 0 Å². The van der Waals surface area contributed by atoms with E-state index >= 15 is 0 Å². The average Bonchev–Trinajstić information content (AvgIpc) is 3.40. The second-order valence-electron chi connectivity index (χ2n) is 11.0. The van der Waals surface area contributed by atoms with Gasteiger partial charge in [-0.3, -0.25) is 9.59 Å². The monoisotopic (exact) mass is 602 g/mol. The first-order chi connectivity index (χ1) is 21.7. The highest BCUT2D eigenvalue weighted by Gasteiger charge is 2.45. The highest BCUT2D eigenvalue weighted by atomic mass is 16.6. The van der Waals surface area contributed by atoms with Crippen LogP contribution in [-0.2, 0) is 28.3 Å². The minimum Gasteiger partial charge on any atom is -0.508 e. The van der Waals surface area contributed by atoms with Crippen LogP contribution in [0.4, 0.5) is 0 Å². The molecule has 0 radical (unpaired) electrons.